The predicted molar refractivity (Wildman–Crippen MR) is 72.2 cm³/mol. The van der Waals surface area contributed by atoms with Gasteiger partial charge in [-0.2, -0.15) is 0 Å². The number of hydrogen-bond acceptors (Lipinski definition) is 2. The average Bonchev–Trinajstić information content (AvgIpc) is 2.25. The van der Waals surface area contributed by atoms with Gasteiger partial charge in [0.05, 0.1) is 0 Å². The van der Waals surface area contributed by atoms with E-state index in [0.29, 0.717) is 0 Å². The van der Waals surface area contributed by atoms with Crippen molar-refractivity contribution in [3.05, 3.63) is 30.3 Å². The van der Waals surface area contributed by atoms with Crippen LogP contribution < -0.4 is 10.6 Å². The van der Waals surface area contributed by atoms with Crippen LogP contribution in [0.1, 0.15) is 33.6 Å². The van der Waals surface area contributed by atoms with Crippen molar-refractivity contribution in [1.29, 1.82) is 0 Å². The molecule has 0 unspecified atom stereocenters. The standard InChI is InChI=1S/C14H20N2O2/c1-14(2,3)16-13(18)10-9-12(17)15-11-7-5-4-6-8-11/h4-8H,9-10H2,1-3H3,(H,15,17)(H,16,18). The molecule has 1 aromatic carbocycles. The Morgan fingerprint density at radius 3 is 2.11 bits per heavy atom. The molecule has 2 N–H and O–H groups in total. The molecule has 0 aliphatic carbocycles. The van der Waals surface area contributed by atoms with Gasteiger partial charge in [0.2, 0.25) is 11.8 Å². The van der Waals surface area contributed by atoms with Crippen LogP contribution in [0.5, 0.6) is 0 Å². The molecule has 98 valence electrons. The monoisotopic (exact) mass is 248 g/mol. The molecule has 0 fully saturated rings. The number of para-hydroxylation sites is 1. The Kier molecular flexibility index (Phi) is 4.89. The average molecular weight is 248 g/mol. The van der Waals surface area contributed by atoms with Gasteiger partial charge in [0, 0.05) is 24.1 Å². The lowest BCUT2D eigenvalue weighted by molar-refractivity contribution is -0.125. The van der Waals surface area contributed by atoms with E-state index in [9.17, 15) is 9.59 Å². The van der Waals surface area contributed by atoms with Crippen molar-refractivity contribution < 1.29 is 9.59 Å². The van der Waals surface area contributed by atoms with E-state index < -0.39 is 0 Å². The molecule has 0 saturated heterocycles. The highest BCUT2D eigenvalue weighted by molar-refractivity contribution is 5.93. The van der Waals surface area contributed by atoms with Gasteiger partial charge in [-0.05, 0) is 32.9 Å². The number of anilines is 1. The third-order valence-electron chi connectivity index (χ3n) is 2.15. The summed E-state index contributed by atoms with van der Waals surface area (Å²) in [5.41, 5.74) is 0.492. The number of benzene rings is 1. The summed E-state index contributed by atoms with van der Waals surface area (Å²) in [5, 5.41) is 5.56. The van der Waals surface area contributed by atoms with Crippen molar-refractivity contribution in [1.82, 2.24) is 5.32 Å². The first-order chi connectivity index (χ1) is 8.37. The zero-order valence-corrected chi connectivity index (χ0v) is 11.1. The summed E-state index contributed by atoms with van der Waals surface area (Å²) in [7, 11) is 0. The van der Waals surface area contributed by atoms with Crippen LogP contribution in [-0.4, -0.2) is 17.4 Å². The molecule has 1 aromatic rings. The first kappa shape index (κ1) is 14.2. The molecule has 1 rings (SSSR count). The van der Waals surface area contributed by atoms with Crippen LogP contribution in [0.15, 0.2) is 30.3 Å². The lowest BCUT2D eigenvalue weighted by Crippen LogP contribution is -2.40. The fourth-order valence-corrected chi connectivity index (χ4v) is 1.45. The van der Waals surface area contributed by atoms with E-state index in [1.165, 1.54) is 0 Å². The normalized spacial score (nSPS) is 10.8. The molecule has 0 heterocycles. The Balaban J connectivity index is 2.32. The van der Waals surface area contributed by atoms with E-state index in [1.54, 1.807) is 0 Å². The topological polar surface area (TPSA) is 58.2 Å². The molecule has 0 spiro atoms. The highest BCUT2D eigenvalue weighted by Crippen LogP contribution is 2.06. The maximum atomic E-state index is 11.6. The SMILES string of the molecule is CC(C)(C)NC(=O)CCC(=O)Nc1ccccc1. The predicted octanol–water partition coefficient (Wildman–Crippen LogP) is 2.32. The van der Waals surface area contributed by atoms with Crippen LogP contribution in [-0.2, 0) is 9.59 Å². The summed E-state index contributed by atoms with van der Waals surface area (Å²) in [5.74, 6) is -0.254. The maximum absolute atomic E-state index is 11.6. The van der Waals surface area contributed by atoms with Crippen LogP contribution in [0.3, 0.4) is 0 Å². The second-order valence-corrected chi connectivity index (χ2v) is 5.21. The summed E-state index contributed by atoms with van der Waals surface area (Å²) in [6.07, 6.45) is 0.396. The molecule has 4 nitrogen and oxygen atoms in total. The Labute approximate surface area is 108 Å². The van der Waals surface area contributed by atoms with E-state index in [2.05, 4.69) is 10.6 Å². The summed E-state index contributed by atoms with van der Waals surface area (Å²) < 4.78 is 0. The van der Waals surface area contributed by atoms with Gasteiger partial charge in [-0.3, -0.25) is 9.59 Å². The van der Waals surface area contributed by atoms with Crippen molar-refractivity contribution >= 4 is 17.5 Å². The van der Waals surface area contributed by atoms with E-state index in [0.717, 1.165) is 5.69 Å². The third kappa shape index (κ3) is 6.03. The summed E-state index contributed by atoms with van der Waals surface area (Å²) in [6, 6.07) is 9.20. The molecule has 0 aliphatic heterocycles. The summed E-state index contributed by atoms with van der Waals surface area (Å²) in [4.78, 5) is 23.1. The number of carbonyl (C=O) groups excluding carboxylic acids is 2. The molecule has 0 radical (unpaired) electrons. The molecule has 0 aliphatic rings. The van der Waals surface area contributed by atoms with Gasteiger partial charge in [-0.25, -0.2) is 0 Å². The smallest absolute Gasteiger partial charge is 0.224 e. The van der Waals surface area contributed by atoms with Crippen LogP contribution in [0.4, 0.5) is 5.69 Å². The minimum absolute atomic E-state index is 0.106. The zero-order chi connectivity index (χ0) is 13.6. The van der Waals surface area contributed by atoms with Crippen LogP contribution in [0, 0.1) is 0 Å². The lowest BCUT2D eigenvalue weighted by atomic mass is 10.1. The van der Waals surface area contributed by atoms with Gasteiger partial charge in [0.25, 0.3) is 0 Å². The number of rotatable bonds is 4. The fraction of sp³-hybridized carbons (Fsp3) is 0.429. The molecule has 0 atom stereocenters. The second-order valence-electron chi connectivity index (χ2n) is 5.21. The Morgan fingerprint density at radius 1 is 1.00 bits per heavy atom. The van der Waals surface area contributed by atoms with E-state index >= 15 is 0 Å². The van der Waals surface area contributed by atoms with Crippen molar-refractivity contribution in [3.63, 3.8) is 0 Å². The molecular formula is C14H20N2O2. The van der Waals surface area contributed by atoms with Gasteiger partial charge >= 0.3 is 0 Å². The van der Waals surface area contributed by atoms with Gasteiger partial charge < -0.3 is 10.6 Å². The number of hydrogen-bond donors (Lipinski definition) is 2. The lowest BCUT2D eigenvalue weighted by Gasteiger charge is -2.20. The molecule has 2 amide bonds. The second kappa shape index (κ2) is 6.19. The van der Waals surface area contributed by atoms with Crippen molar-refractivity contribution in [2.45, 2.75) is 39.2 Å². The largest absolute Gasteiger partial charge is 0.351 e. The fourth-order valence-electron chi connectivity index (χ4n) is 1.45. The maximum Gasteiger partial charge on any atom is 0.224 e. The third-order valence-corrected chi connectivity index (χ3v) is 2.15. The summed E-state index contributed by atoms with van der Waals surface area (Å²) in [6.45, 7) is 5.73. The minimum Gasteiger partial charge on any atom is -0.351 e. The van der Waals surface area contributed by atoms with E-state index in [4.69, 9.17) is 0 Å². The van der Waals surface area contributed by atoms with Crippen molar-refractivity contribution in [2.24, 2.45) is 0 Å². The molecule has 0 saturated carbocycles. The zero-order valence-electron chi connectivity index (χ0n) is 11.1. The summed E-state index contributed by atoms with van der Waals surface area (Å²) >= 11 is 0. The van der Waals surface area contributed by atoms with Crippen LogP contribution in [0.25, 0.3) is 0 Å². The first-order valence-corrected chi connectivity index (χ1v) is 6.03. The molecular weight excluding hydrogens is 228 g/mol. The highest BCUT2D eigenvalue weighted by atomic mass is 16.2. The Hall–Kier alpha value is -1.84. The van der Waals surface area contributed by atoms with E-state index in [1.807, 2.05) is 51.1 Å². The molecule has 18 heavy (non-hydrogen) atoms. The van der Waals surface area contributed by atoms with Gasteiger partial charge in [-0.15, -0.1) is 0 Å². The van der Waals surface area contributed by atoms with Gasteiger partial charge in [-0.1, -0.05) is 18.2 Å². The van der Waals surface area contributed by atoms with Crippen molar-refractivity contribution in [3.8, 4) is 0 Å². The van der Waals surface area contributed by atoms with Crippen LogP contribution >= 0.6 is 0 Å². The van der Waals surface area contributed by atoms with Gasteiger partial charge in [0.1, 0.15) is 0 Å². The molecule has 0 bridgehead atoms. The molecule has 0 aromatic heterocycles. The highest BCUT2D eigenvalue weighted by Gasteiger charge is 2.14. The number of carbonyl (C=O) groups is 2. The number of amides is 2. The number of nitrogens with one attached hydrogen (secondary N) is 2. The Morgan fingerprint density at radius 2 is 1.56 bits per heavy atom. The minimum atomic E-state index is -0.257. The molecule has 4 heteroatoms. The van der Waals surface area contributed by atoms with Crippen molar-refractivity contribution in [2.75, 3.05) is 5.32 Å². The van der Waals surface area contributed by atoms with Gasteiger partial charge in [0.15, 0.2) is 0 Å². The Bertz CT molecular complexity index is 408. The first-order valence-electron chi connectivity index (χ1n) is 6.03. The van der Waals surface area contributed by atoms with Crippen LogP contribution in [0.2, 0.25) is 0 Å². The quantitative estimate of drug-likeness (QED) is 0.859. The van der Waals surface area contributed by atoms with E-state index in [-0.39, 0.29) is 30.2 Å².